The molecule has 6 rings (SSSR count). The molecule has 0 radical (unpaired) electrons. The number of esters is 2. The Morgan fingerprint density at radius 3 is 2.45 bits per heavy atom. The van der Waals surface area contributed by atoms with Crippen LogP contribution in [0.3, 0.4) is 0 Å². The number of hydrogen-bond donors (Lipinski definition) is 1. The second-order valence-corrected chi connectivity index (χ2v) is 11.1. The Labute approximate surface area is 180 Å². The van der Waals surface area contributed by atoms with Crippen LogP contribution in [0.1, 0.15) is 40.5 Å². The molecule has 6 aliphatic rings. The first-order valence-electron chi connectivity index (χ1n) is 11.0. The molecule has 9 nitrogen and oxygen atoms in total. The van der Waals surface area contributed by atoms with Crippen LogP contribution < -0.4 is 0 Å². The predicted octanol–water partition coefficient (Wildman–Crippen LogP) is 0.760. The van der Waals surface area contributed by atoms with Crippen molar-refractivity contribution in [2.24, 2.45) is 28.1 Å². The summed E-state index contributed by atoms with van der Waals surface area (Å²) in [5.74, 6) is -1.74. The Balaban J connectivity index is 1.69. The van der Waals surface area contributed by atoms with Gasteiger partial charge in [0.25, 0.3) is 0 Å². The van der Waals surface area contributed by atoms with E-state index in [1.165, 1.54) is 7.11 Å². The fraction of sp³-hybridized carbons (Fsp3) is 0.909. The van der Waals surface area contributed by atoms with Gasteiger partial charge in [-0.2, -0.15) is 0 Å². The van der Waals surface area contributed by atoms with Crippen molar-refractivity contribution in [1.82, 2.24) is 0 Å². The summed E-state index contributed by atoms with van der Waals surface area (Å²) in [4.78, 5) is 26.4. The summed E-state index contributed by atoms with van der Waals surface area (Å²) in [6.45, 7) is 8.10. The molecule has 0 aromatic heterocycles. The monoisotopic (exact) mass is 438 g/mol. The minimum atomic E-state index is -1.59. The molecule has 4 saturated heterocycles. The van der Waals surface area contributed by atoms with E-state index in [0.29, 0.717) is 12.8 Å². The zero-order chi connectivity index (χ0) is 22.4. The van der Waals surface area contributed by atoms with E-state index in [0.717, 1.165) is 0 Å². The largest absolute Gasteiger partial charge is 0.459 e. The lowest BCUT2D eigenvalue weighted by atomic mass is 9.51. The molecule has 6 fully saturated rings. The van der Waals surface area contributed by atoms with Crippen LogP contribution in [0.4, 0.5) is 0 Å². The number of hydrogen-bond acceptors (Lipinski definition) is 9. The van der Waals surface area contributed by atoms with Gasteiger partial charge in [-0.15, -0.1) is 0 Å². The Morgan fingerprint density at radius 1 is 1.13 bits per heavy atom. The van der Waals surface area contributed by atoms with Crippen LogP contribution in [0.2, 0.25) is 0 Å². The van der Waals surface area contributed by atoms with Crippen LogP contribution in [-0.2, 0) is 38.0 Å². The number of fused-ring (bicyclic) bond motifs is 1. The molecule has 11 atom stereocenters. The van der Waals surface area contributed by atoms with E-state index >= 15 is 0 Å². The van der Waals surface area contributed by atoms with Gasteiger partial charge in [0.15, 0.2) is 18.2 Å². The van der Waals surface area contributed by atoms with Crippen molar-refractivity contribution in [3.63, 3.8) is 0 Å². The van der Waals surface area contributed by atoms with E-state index in [9.17, 15) is 14.7 Å². The topological polar surface area (TPSA) is 110 Å². The maximum absolute atomic E-state index is 13.7. The van der Waals surface area contributed by atoms with Crippen molar-refractivity contribution >= 4 is 11.9 Å². The molecule has 0 amide bonds. The van der Waals surface area contributed by atoms with E-state index in [-0.39, 0.29) is 11.3 Å². The zero-order valence-corrected chi connectivity index (χ0v) is 18.7. The molecule has 9 heteroatoms. The molecular weight excluding hydrogens is 408 g/mol. The summed E-state index contributed by atoms with van der Waals surface area (Å²) in [5, 5.41) is 10.8. The van der Waals surface area contributed by atoms with E-state index < -0.39 is 70.8 Å². The quantitative estimate of drug-likeness (QED) is 0.625. The van der Waals surface area contributed by atoms with Gasteiger partial charge in [0.1, 0.15) is 18.3 Å². The first kappa shape index (κ1) is 20.4. The summed E-state index contributed by atoms with van der Waals surface area (Å²) in [5.41, 5.74) is -4.96. The van der Waals surface area contributed by atoms with E-state index in [2.05, 4.69) is 20.8 Å². The van der Waals surface area contributed by atoms with Gasteiger partial charge in [0, 0.05) is 20.6 Å². The van der Waals surface area contributed by atoms with Crippen molar-refractivity contribution in [3.8, 4) is 0 Å². The summed E-state index contributed by atoms with van der Waals surface area (Å²) in [6, 6.07) is 0. The standard InChI is InChI=1S/C22H30O9/c1-9-14(23)28-12-8-19-11-7-10(18(2,3)4)20(19)13(26-5)15(24)30-17(20)31-22(19,16(25)29-11)21(9,12)27-6/h9-13,15,17,24H,7-8H2,1-6H3/t9-,10+,11?,12?,13+,15+,17?,19?,20?,21-,22?/m1/s1. The fourth-order valence-corrected chi connectivity index (χ4v) is 8.91. The molecular formula is C22H30O9. The molecule has 4 heterocycles. The molecule has 2 aliphatic carbocycles. The second kappa shape index (κ2) is 5.44. The van der Waals surface area contributed by atoms with E-state index in [4.69, 9.17) is 28.4 Å². The van der Waals surface area contributed by atoms with Gasteiger partial charge >= 0.3 is 11.9 Å². The lowest BCUT2D eigenvalue weighted by Gasteiger charge is -2.49. The third-order valence-electron chi connectivity index (χ3n) is 9.61. The van der Waals surface area contributed by atoms with Crippen molar-refractivity contribution in [2.45, 2.75) is 82.6 Å². The lowest BCUT2D eigenvalue weighted by molar-refractivity contribution is -0.268. The highest BCUT2D eigenvalue weighted by atomic mass is 16.8. The average molecular weight is 438 g/mol. The average Bonchev–Trinajstić information content (AvgIpc) is 3.39. The molecule has 4 aliphatic heterocycles. The van der Waals surface area contributed by atoms with Crippen LogP contribution in [0.25, 0.3) is 0 Å². The molecule has 1 N–H and O–H groups in total. The van der Waals surface area contributed by atoms with Gasteiger partial charge in [0.2, 0.25) is 5.60 Å². The highest BCUT2D eigenvalue weighted by Crippen LogP contribution is 2.85. The maximum atomic E-state index is 13.7. The minimum absolute atomic E-state index is 0.0502. The zero-order valence-electron chi connectivity index (χ0n) is 18.7. The summed E-state index contributed by atoms with van der Waals surface area (Å²) in [6.07, 6.45) is -3.08. The van der Waals surface area contributed by atoms with Crippen LogP contribution in [0, 0.1) is 28.1 Å². The highest BCUT2D eigenvalue weighted by molar-refractivity contribution is 5.92. The molecule has 0 aromatic carbocycles. The van der Waals surface area contributed by atoms with Gasteiger partial charge in [0.05, 0.1) is 16.7 Å². The predicted molar refractivity (Wildman–Crippen MR) is 101 cm³/mol. The Hall–Kier alpha value is -1.26. The van der Waals surface area contributed by atoms with Gasteiger partial charge in [-0.25, -0.2) is 4.79 Å². The van der Waals surface area contributed by atoms with Crippen LogP contribution in [0.15, 0.2) is 0 Å². The van der Waals surface area contributed by atoms with Crippen molar-refractivity contribution in [2.75, 3.05) is 14.2 Å². The minimum Gasteiger partial charge on any atom is -0.459 e. The van der Waals surface area contributed by atoms with E-state index in [1.807, 2.05) is 0 Å². The number of methoxy groups -OCH3 is 2. The molecule has 0 aromatic rings. The Kier molecular flexibility index (Phi) is 3.57. The summed E-state index contributed by atoms with van der Waals surface area (Å²) < 4.78 is 36.4. The summed E-state index contributed by atoms with van der Waals surface area (Å²) >= 11 is 0. The number of aliphatic hydroxyl groups excluding tert-OH is 1. The molecule has 0 bridgehead atoms. The first-order chi connectivity index (χ1) is 14.5. The maximum Gasteiger partial charge on any atom is 0.342 e. The SMILES string of the molecule is CO[C@H]1[C@@H](O)OC2OC34C(=O)OC5C[C@@H](C(C)(C)C)C21C53CC1OC(=O)[C@@H](C)[C@@]14OC. The number of carbonyl (C=O) groups excluding carboxylic acids is 2. The second-order valence-electron chi connectivity index (χ2n) is 11.1. The number of rotatable bonds is 2. The number of ether oxygens (including phenoxy) is 6. The van der Waals surface area contributed by atoms with E-state index in [1.54, 1.807) is 14.0 Å². The van der Waals surface area contributed by atoms with Crippen molar-refractivity contribution in [3.05, 3.63) is 0 Å². The molecule has 2 saturated carbocycles. The van der Waals surface area contributed by atoms with Gasteiger partial charge in [-0.1, -0.05) is 20.8 Å². The molecule has 31 heavy (non-hydrogen) atoms. The number of aliphatic hydroxyl groups is 1. The third kappa shape index (κ3) is 1.62. The molecule has 172 valence electrons. The summed E-state index contributed by atoms with van der Waals surface area (Å²) in [7, 11) is 3.03. The van der Waals surface area contributed by atoms with Crippen LogP contribution >= 0.6 is 0 Å². The van der Waals surface area contributed by atoms with Gasteiger partial charge < -0.3 is 33.5 Å². The molecule has 6 unspecified atom stereocenters. The fourth-order valence-electron chi connectivity index (χ4n) is 8.91. The van der Waals surface area contributed by atoms with Gasteiger partial charge in [-0.3, -0.25) is 4.79 Å². The smallest absolute Gasteiger partial charge is 0.342 e. The lowest BCUT2D eigenvalue weighted by Crippen LogP contribution is -2.67. The van der Waals surface area contributed by atoms with Crippen LogP contribution in [0.5, 0.6) is 0 Å². The first-order valence-corrected chi connectivity index (χ1v) is 11.0. The van der Waals surface area contributed by atoms with Crippen molar-refractivity contribution in [1.29, 1.82) is 0 Å². The highest BCUT2D eigenvalue weighted by Gasteiger charge is 3.01. The Morgan fingerprint density at radius 2 is 1.84 bits per heavy atom. The third-order valence-corrected chi connectivity index (χ3v) is 9.61. The number of carbonyl (C=O) groups is 2. The molecule has 2 spiro atoms. The normalized spacial score (nSPS) is 58.7. The van der Waals surface area contributed by atoms with Gasteiger partial charge in [-0.05, 0) is 24.7 Å². The van der Waals surface area contributed by atoms with Crippen LogP contribution in [-0.4, -0.2) is 73.4 Å². The Bertz CT molecular complexity index is 883. The van der Waals surface area contributed by atoms with Crippen molar-refractivity contribution < 1.29 is 43.1 Å².